The molecule has 1 unspecified atom stereocenters. The number of benzene rings is 1. The number of nitrogens with zero attached hydrogens (tertiary/aromatic N) is 1. The number of nitrogens with one attached hydrogen (secondary N) is 1. The summed E-state index contributed by atoms with van der Waals surface area (Å²) in [6.45, 7) is 2.38. The van der Waals surface area contributed by atoms with E-state index in [9.17, 15) is 14.9 Å². The van der Waals surface area contributed by atoms with Crippen molar-refractivity contribution >= 4 is 11.7 Å². The van der Waals surface area contributed by atoms with Crippen LogP contribution in [0.3, 0.4) is 0 Å². The standard InChI is InChI=1S/C11H14N2O4/c1-2-12-10(11(14)15)7-8-3-5-9(6-4-8)13(16)17/h3-6,10,12H,2,7H2,1H3,(H,14,15). The average molecular weight is 238 g/mol. The second kappa shape index (κ2) is 5.95. The molecule has 6 heteroatoms. The Morgan fingerprint density at radius 1 is 1.47 bits per heavy atom. The van der Waals surface area contributed by atoms with E-state index in [-0.39, 0.29) is 5.69 Å². The third-order valence-corrected chi connectivity index (χ3v) is 2.34. The molecule has 0 radical (unpaired) electrons. The van der Waals surface area contributed by atoms with Crippen molar-refractivity contribution in [3.05, 3.63) is 39.9 Å². The van der Waals surface area contributed by atoms with Crippen molar-refractivity contribution in [1.29, 1.82) is 0 Å². The lowest BCUT2D eigenvalue weighted by Gasteiger charge is -2.12. The number of hydrogen-bond acceptors (Lipinski definition) is 4. The van der Waals surface area contributed by atoms with Crippen molar-refractivity contribution in [2.75, 3.05) is 6.54 Å². The predicted molar refractivity (Wildman–Crippen MR) is 61.9 cm³/mol. The molecule has 92 valence electrons. The van der Waals surface area contributed by atoms with Gasteiger partial charge in [0.05, 0.1) is 4.92 Å². The second-order valence-corrected chi connectivity index (χ2v) is 3.58. The number of nitro groups is 1. The highest BCUT2D eigenvalue weighted by Crippen LogP contribution is 2.13. The molecular weight excluding hydrogens is 224 g/mol. The van der Waals surface area contributed by atoms with Crippen LogP contribution in [0.15, 0.2) is 24.3 Å². The zero-order chi connectivity index (χ0) is 12.8. The van der Waals surface area contributed by atoms with Crippen molar-refractivity contribution in [1.82, 2.24) is 5.32 Å². The normalized spacial score (nSPS) is 12.1. The molecular formula is C11H14N2O4. The molecule has 17 heavy (non-hydrogen) atoms. The molecule has 1 rings (SSSR count). The van der Waals surface area contributed by atoms with Gasteiger partial charge in [0, 0.05) is 12.1 Å². The molecule has 1 aromatic carbocycles. The van der Waals surface area contributed by atoms with Gasteiger partial charge in [0.1, 0.15) is 6.04 Å². The first-order chi connectivity index (χ1) is 8.04. The van der Waals surface area contributed by atoms with E-state index in [0.717, 1.165) is 5.56 Å². The van der Waals surface area contributed by atoms with Crippen LogP contribution in [0.5, 0.6) is 0 Å². The predicted octanol–water partition coefficient (Wildman–Crippen LogP) is 1.20. The third kappa shape index (κ3) is 3.84. The first-order valence-corrected chi connectivity index (χ1v) is 5.24. The van der Waals surface area contributed by atoms with Crippen LogP contribution in [0.2, 0.25) is 0 Å². The summed E-state index contributed by atoms with van der Waals surface area (Å²) in [4.78, 5) is 20.9. The molecule has 0 saturated carbocycles. The van der Waals surface area contributed by atoms with Crippen molar-refractivity contribution < 1.29 is 14.8 Å². The largest absolute Gasteiger partial charge is 0.480 e. The molecule has 0 bridgehead atoms. The molecule has 0 heterocycles. The van der Waals surface area contributed by atoms with E-state index in [1.54, 1.807) is 12.1 Å². The third-order valence-electron chi connectivity index (χ3n) is 2.34. The molecule has 0 saturated heterocycles. The number of carboxylic acids is 1. The molecule has 1 atom stereocenters. The number of nitro benzene ring substituents is 1. The molecule has 0 aromatic heterocycles. The van der Waals surface area contributed by atoms with E-state index in [2.05, 4.69) is 5.32 Å². The van der Waals surface area contributed by atoms with E-state index in [4.69, 9.17) is 5.11 Å². The summed E-state index contributed by atoms with van der Waals surface area (Å²) in [5.41, 5.74) is 0.757. The van der Waals surface area contributed by atoms with Crippen LogP contribution < -0.4 is 5.32 Å². The van der Waals surface area contributed by atoms with Crippen molar-refractivity contribution in [2.24, 2.45) is 0 Å². The lowest BCUT2D eigenvalue weighted by atomic mass is 10.1. The highest BCUT2D eigenvalue weighted by molar-refractivity contribution is 5.73. The molecule has 2 N–H and O–H groups in total. The van der Waals surface area contributed by atoms with Crippen molar-refractivity contribution in [2.45, 2.75) is 19.4 Å². The average Bonchev–Trinajstić information content (AvgIpc) is 2.29. The number of aliphatic carboxylic acids is 1. The summed E-state index contributed by atoms with van der Waals surface area (Å²) < 4.78 is 0. The van der Waals surface area contributed by atoms with Gasteiger partial charge in [-0.1, -0.05) is 19.1 Å². The van der Waals surface area contributed by atoms with E-state index >= 15 is 0 Å². The molecule has 0 spiro atoms. The Hall–Kier alpha value is -1.95. The minimum atomic E-state index is -0.926. The van der Waals surface area contributed by atoms with Crippen LogP contribution in [-0.4, -0.2) is 28.6 Å². The van der Waals surface area contributed by atoms with Gasteiger partial charge in [-0.25, -0.2) is 0 Å². The topological polar surface area (TPSA) is 92.5 Å². The Labute approximate surface area is 98.4 Å². The SMILES string of the molecule is CCNC(Cc1ccc([N+](=O)[O-])cc1)C(=O)O. The van der Waals surface area contributed by atoms with Gasteiger partial charge in [0.25, 0.3) is 5.69 Å². The fourth-order valence-corrected chi connectivity index (χ4v) is 1.48. The lowest BCUT2D eigenvalue weighted by Crippen LogP contribution is -2.38. The molecule has 0 fully saturated rings. The number of likely N-dealkylation sites (N-methyl/N-ethyl adjacent to an activating group) is 1. The van der Waals surface area contributed by atoms with Crippen LogP contribution in [-0.2, 0) is 11.2 Å². The number of non-ortho nitro benzene ring substituents is 1. The summed E-state index contributed by atoms with van der Waals surface area (Å²) in [6, 6.07) is 5.23. The smallest absolute Gasteiger partial charge is 0.321 e. The highest BCUT2D eigenvalue weighted by Gasteiger charge is 2.16. The summed E-state index contributed by atoms with van der Waals surface area (Å²) in [5, 5.41) is 22.2. The van der Waals surface area contributed by atoms with E-state index < -0.39 is 16.9 Å². The van der Waals surface area contributed by atoms with E-state index in [1.807, 2.05) is 6.92 Å². The number of carbonyl (C=O) groups is 1. The van der Waals surface area contributed by atoms with Gasteiger partial charge in [0.2, 0.25) is 0 Å². The van der Waals surface area contributed by atoms with Crippen LogP contribution in [0.4, 0.5) is 5.69 Å². The summed E-state index contributed by atoms with van der Waals surface area (Å²) in [6.07, 6.45) is 0.307. The Kier molecular flexibility index (Phi) is 4.59. The monoisotopic (exact) mass is 238 g/mol. The number of rotatable bonds is 6. The fourth-order valence-electron chi connectivity index (χ4n) is 1.48. The lowest BCUT2D eigenvalue weighted by molar-refractivity contribution is -0.384. The zero-order valence-corrected chi connectivity index (χ0v) is 9.42. The Morgan fingerprint density at radius 3 is 2.47 bits per heavy atom. The van der Waals surface area contributed by atoms with Crippen LogP contribution in [0.1, 0.15) is 12.5 Å². The summed E-state index contributed by atoms with van der Waals surface area (Å²) >= 11 is 0. The van der Waals surface area contributed by atoms with Crippen LogP contribution in [0, 0.1) is 10.1 Å². The Morgan fingerprint density at radius 2 is 2.06 bits per heavy atom. The minimum absolute atomic E-state index is 0.00377. The maximum absolute atomic E-state index is 10.9. The first-order valence-electron chi connectivity index (χ1n) is 5.24. The Bertz CT molecular complexity index is 402. The summed E-state index contributed by atoms with van der Waals surface area (Å²) in [5.74, 6) is -0.926. The van der Waals surface area contributed by atoms with Gasteiger partial charge >= 0.3 is 5.97 Å². The van der Waals surface area contributed by atoms with E-state index in [1.165, 1.54) is 12.1 Å². The maximum Gasteiger partial charge on any atom is 0.321 e. The first kappa shape index (κ1) is 13.1. The molecule has 6 nitrogen and oxygen atoms in total. The summed E-state index contributed by atoms with van der Waals surface area (Å²) in [7, 11) is 0. The molecule has 1 aromatic rings. The van der Waals surface area contributed by atoms with Gasteiger partial charge in [-0.05, 0) is 18.5 Å². The van der Waals surface area contributed by atoms with E-state index in [0.29, 0.717) is 13.0 Å². The van der Waals surface area contributed by atoms with Crippen LogP contribution >= 0.6 is 0 Å². The van der Waals surface area contributed by atoms with Gasteiger partial charge < -0.3 is 10.4 Å². The maximum atomic E-state index is 10.9. The zero-order valence-electron chi connectivity index (χ0n) is 9.42. The van der Waals surface area contributed by atoms with Gasteiger partial charge in [-0.3, -0.25) is 14.9 Å². The van der Waals surface area contributed by atoms with Crippen molar-refractivity contribution in [3.8, 4) is 0 Å². The van der Waals surface area contributed by atoms with Gasteiger partial charge in [0.15, 0.2) is 0 Å². The highest BCUT2D eigenvalue weighted by atomic mass is 16.6. The quantitative estimate of drug-likeness (QED) is 0.573. The minimum Gasteiger partial charge on any atom is -0.480 e. The second-order valence-electron chi connectivity index (χ2n) is 3.58. The fraction of sp³-hybridized carbons (Fsp3) is 0.364. The van der Waals surface area contributed by atoms with Crippen molar-refractivity contribution in [3.63, 3.8) is 0 Å². The Balaban J connectivity index is 2.73. The molecule has 0 aliphatic heterocycles. The molecule has 0 amide bonds. The molecule has 0 aliphatic rings. The number of hydrogen-bond donors (Lipinski definition) is 2. The molecule has 0 aliphatic carbocycles. The van der Waals surface area contributed by atoms with Crippen LogP contribution in [0.25, 0.3) is 0 Å². The van der Waals surface area contributed by atoms with Gasteiger partial charge in [-0.15, -0.1) is 0 Å². The van der Waals surface area contributed by atoms with Gasteiger partial charge in [-0.2, -0.15) is 0 Å². The number of carboxylic acid groups (broad SMARTS) is 1.